The largest absolute Gasteiger partial charge is 0.511 e. The lowest BCUT2D eigenvalue weighted by Crippen LogP contribution is -2.61. The maximum atomic E-state index is 12.7. The molecule has 3 aliphatic heterocycles. The van der Waals surface area contributed by atoms with E-state index in [4.69, 9.17) is 4.74 Å². The number of benzene rings is 1. The fraction of sp³-hybridized carbons (Fsp3) is 0.429. The lowest BCUT2D eigenvalue weighted by molar-refractivity contribution is -0.138. The van der Waals surface area contributed by atoms with Gasteiger partial charge in [-0.15, -0.1) is 0 Å². The van der Waals surface area contributed by atoms with Crippen LogP contribution in [0.3, 0.4) is 0 Å². The van der Waals surface area contributed by atoms with Crippen LogP contribution in [0.25, 0.3) is 0 Å². The van der Waals surface area contributed by atoms with Gasteiger partial charge in [0.15, 0.2) is 0 Å². The minimum atomic E-state index is -0.684. The summed E-state index contributed by atoms with van der Waals surface area (Å²) in [6.45, 7) is 2.61. The predicted octanol–water partition coefficient (Wildman–Crippen LogP) is 2.63. The monoisotopic (exact) mass is 366 g/mol. The molecule has 6 heteroatoms. The summed E-state index contributed by atoms with van der Waals surface area (Å²) in [5.41, 5.74) is 2.26. The fourth-order valence-electron chi connectivity index (χ4n) is 5.96. The molecule has 27 heavy (non-hydrogen) atoms. The first-order valence-electron chi connectivity index (χ1n) is 9.40. The van der Waals surface area contributed by atoms with Crippen molar-refractivity contribution in [2.24, 2.45) is 5.41 Å². The number of para-hydroxylation sites is 1. The molecule has 1 aliphatic carbocycles. The highest BCUT2D eigenvalue weighted by atomic mass is 16.5. The number of fused-ring (bicyclic) bond motifs is 1. The minimum Gasteiger partial charge on any atom is -0.511 e. The maximum absolute atomic E-state index is 12.7. The van der Waals surface area contributed by atoms with Gasteiger partial charge in [0, 0.05) is 24.0 Å². The summed E-state index contributed by atoms with van der Waals surface area (Å²) in [5, 5.41) is 14.4. The second-order valence-corrected chi connectivity index (χ2v) is 7.89. The lowest BCUT2D eigenvalue weighted by Gasteiger charge is -2.54. The van der Waals surface area contributed by atoms with Crippen LogP contribution in [0.1, 0.15) is 31.7 Å². The summed E-state index contributed by atoms with van der Waals surface area (Å²) in [7, 11) is 1.39. The van der Waals surface area contributed by atoms with E-state index >= 15 is 0 Å². The number of carbonyl (C=O) groups excluding carboxylic acids is 2. The summed E-state index contributed by atoms with van der Waals surface area (Å²) in [6, 6.07) is 7.80. The van der Waals surface area contributed by atoms with Gasteiger partial charge in [0.25, 0.3) is 0 Å². The van der Waals surface area contributed by atoms with E-state index in [0.29, 0.717) is 31.4 Å². The highest BCUT2D eigenvalue weighted by Crippen LogP contribution is 2.65. The van der Waals surface area contributed by atoms with Gasteiger partial charge in [0.1, 0.15) is 5.76 Å². The lowest BCUT2D eigenvalue weighted by atomic mass is 9.54. The van der Waals surface area contributed by atoms with Crippen LogP contribution in [0.2, 0.25) is 0 Å². The summed E-state index contributed by atoms with van der Waals surface area (Å²) < 4.78 is 5.11. The molecule has 2 N–H and O–H groups in total. The van der Waals surface area contributed by atoms with Gasteiger partial charge in [0.05, 0.1) is 29.6 Å². The Kier molecular flexibility index (Phi) is 3.13. The van der Waals surface area contributed by atoms with Gasteiger partial charge < -0.3 is 20.1 Å². The van der Waals surface area contributed by atoms with E-state index in [1.807, 2.05) is 30.0 Å². The Hall–Kier alpha value is -2.76. The van der Waals surface area contributed by atoms with E-state index in [0.717, 1.165) is 16.9 Å². The molecule has 6 nitrogen and oxygen atoms in total. The van der Waals surface area contributed by atoms with Gasteiger partial charge in [0.2, 0.25) is 5.91 Å². The molecule has 0 aromatic heterocycles. The van der Waals surface area contributed by atoms with Crippen molar-refractivity contribution in [3.8, 4) is 0 Å². The number of anilines is 1. The van der Waals surface area contributed by atoms with Crippen LogP contribution in [-0.2, 0) is 19.7 Å². The number of aliphatic hydroxyl groups excluding tert-OH is 1. The molecule has 0 bridgehead atoms. The molecule has 1 amide bonds. The molecule has 0 unspecified atom stereocenters. The van der Waals surface area contributed by atoms with Crippen molar-refractivity contribution in [2.45, 2.75) is 37.6 Å². The molecule has 3 heterocycles. The predicted molar refractivity (Wildman–Crippen MR) is 99.0 cm³/mol. The molecule has 0 saturated carbocycles. The second kappa shape index (κ2) is 5.15. The molecule has 140 valence electrons. The topological polar surface area (TPSA) is 78.9 Å². The van der Waals surface area contributed by atoms with Crippen molar-refractivity contribution < 1.29 is 19.4 Å². The van der Waals surface area contributed by atoms with Gasteiger partial charge in [-0.25, -0.2) is 4.79 Å². The number of ether oxygens (including phenoxy) is 1. The number of esters is 1. The number of hydrogen-bond donors (Lipinski definition) is 2. The fourth-order valence-corrected chi connectivity index (χ4v) is 5.96. The zero-order chi connectivity index (χ0) is 19.0. The third kappa shape index (κ3) is 1.71. The molecule has 5 rings (SSSR count). The van der Waals surface area contributed by atoms with Crippen LogP contribution >= 0.6 is 0 Å². The Bertz CT molecular complexity index is 949. The molecule has 1 aromatic carbocycles. The first kappa shape index (κ1) is 16.4. The quantitative estimate of drug-likeness (QED) is 0.787. The molecule has 0 radical (unpaired) electrons. The van der Waals surface area contributed by atoms with Crippen molar-refractivity contribution in [3.63, 3.8) is 0 Å². The van der Waals surface area contributed by atoms with Crippen molar-refractivity contribution >= 4 is 17.6 Å². The van der Waals surface area contributed by atoms with E-state index < -0.39 is 10.8 Å². The smallest absolute Gasteiger partial charge is 0.335 e. The molecular formula is C21H22N2O4. The standard InChI is InChI=1S/C21H22N2O4/c1-3-20-11-12(18(26)27-2)17-21(13-6-4-5-7-14(13)22-17)8-9-23(19(20)21)16(25)10-15(20)24/h4-7,10,19,22,24H,3,8-9,11H2,1-2H3/t19-,20+,21-/m0/s1. The number of hydrogen-bond acceptors (Lipinski definition) is 5. The van der Waals surface area contributed by atoms with Crippen LogP contribution in [0.15, 0.2) is 47.4 Å². The van der Waals surface area contributed by atoms with Crippen LogP contribution in [0, 0.1) is 5.41 Å². The summed E-state index contributed by atoms with van der Waals surface area (Å²) in [4.78, 5) is 27.3. The number of carbonyl (C=O) groups is 2. The summed E-state index contributed by atoms with van der Waals surface area (Å²) >= 11 is 0. The summed E-state index contributed by atoms with van der Waals surface area (Å²) in [5.74, 6) is -0.440. The normalized spacial score (nSPS) is 33.1. The number of nitrogens with zero attached hydrogens (tertiary/aromatic N) is 1. The minimum absolute atomic E-state index is 0.0855. The van der Waals surface area contributed by atoms with Gasteiger partial charge in [-0.2, -0.15) is 0 Å². The maximum Gasteiger partial charge on any atom is 0.335 e. The van der Waals surface area contributed by atoms with Gasteiger partial charge >= 0.3 is 5.97 Å². The first-order valence-corrected chi connectivity index (χ1v) is 9.40. The number of amides is 1. The number of nitrogens with one attached hydrogen (secondary N) is 1. The van der Waals surface area contributed by atoms with Crippen LogP contribution < -0.4 is 5.32 Å². The Morgan fingerprint density at radius 3 is 2.93 bits per heavy atom. The number of aliphatic hydroxyl groups is 1. The van der Waals surface area contributed by atoms with Crippen molar-refractivity contribution in [1.29, 1.82) is 0 Å². The third-order valence-electron chi connectivity index (χ3n) is 7.07. The Balaban J connectivity index is 1.87. The van der Waals surface area contributed by atoms with Crippen LogP contribution in [-0.4, -0.2) is 41.6 Å². The van der Waals surface area contributed by atoms with Crippen molar-refractivity contribution in [2.75, 3.05) is 19.0 Å². The Morgan fingerprint density at radius 1 is 1.41 bits per heavy atom. The van der Waals surface area contributed by atoms with Gasteiger partial charge in [-0.3, -0.25) is 4.79 Å². The molecule has 1 saturated heterocycles. The van der Waals surface area contributed by atoms with Crippen molar-refractivity contribution in [3.05, 3.63) is 52.9 Å². The first-order chi connectivity index (χ1) is 13.0. The van der Waals surface area contributed by atoms with Gasteiger partial charge in [-0.05, 0) is 30.9 Å². The molecule has 1 fully saturated rings. The van der Waals surface area contributed by atoms with Crippen LogP contribution in [0.4, 0.5) is 5.69 Å². The third-order valence-corrected chi connectivity index (χ3v) is 7.07. The average Bonchev–Trinajstić information content (AvgIpc) is 3.24. The zero-order valence-electron chi connectivity index (χ0n) is 15.4. The van der Waals surface area contributed by atoms with Crippen LogP contribution in [0.5, 0.6) is 0 Å². The van der Waals surface area contributed by atoms with E-state index in [-0.39, 0.29) is 23.7 Å². The zero-order valence-corrected chi connectivity index (χ0v) is 15.4. The highest BCUT2D eigenvalue weighted by molar-refractivity contribution is 5.96. The highest BCUT2D eigenvalue weighted by Gasteiger charge is 2.68. The van der Waals surface area contributed by atoms with E-state index in [2.05, 4.69) is 11.4 Å². The second-order valence-electron chi connectivity index (χ2n) is 7.89. The molecular weight excluding hydrogens is 344 g/mol. The van der Waals surface area contributed by atoms with E-state index in [1.165, 1.54) is 13.2 Å². The Labute approximate surface area is 157 Å². The van der Waals surface area contributed by atoms with E-state index in [9.17, 15) is 14.7 Å². The van der Waals surface area contributed by atoms with Gasteiger partial charge in [-0.1, -0.05) is 25.1 Å². The number of rotatable bonds is 2. The SMILES string of the molecule is CC[C@@]12CC(C(=O)OC)=C3Nc4ccccc4[C@@]34CCN(C(=O)C=C1O)[C@@H]24. The molecule has 1 aromatic rings. The average molecular weight is 366 g/mol. The van der Waals surface area contributed by atoms with E-state index in [1.54, 1.807) is 0 Å². The molecule has 1 spiro atoms. The molecule has 3 atom stereocenters. The summed E-state index contributed by atoms with van der Waals surface area (Å²) in [6.07, 6.45) is 3.03. The molecule has 4 aliphatic rings. The van der Waals surface area contributed by atoms with Crippen molar-refractivity contribution in [1.82, 2.24) is 4.90 Å². The Morgan fingerprint density at radius 2 is 2.19 bits per heavy atom. The number of methoxy groups -OCH3 is 1.